The SMILES string of the molecule is CNC(=O)C1COCCN1C[B-](F)(F)F.[K+]. The minimum atomic E-state index is -4.90. The predicted octanol–water partition coefficient (Wildman–Crippen LogP) is -3.18. The summed E-state index contributed by atoms with van der Waals surface area (Å²) in [7, 11) is 1.40. The van der Waals surface area contributed by atoms with Gasteiger partial charge in [-0.2, -0.15) is 0 Å². The van der Waals surface area contributed by atoms with Gasteiger partial charge in [0.25, 0.3) is 0 Å². The molecule has 1 aliphatic heterocycles. The second kappa shape index (κ2) is 7.35. The van der Waals surface area contributed by atoms with Gasteiger partial charge in [-0.15, -0.1) is 0 Å². The second-order valence-corrected chi connectivity index (χ2v) is 3.41. The molecule has 1 N–H and O–H groups in total. The van der Waals surface area contributed by atoms with Crippen LogP contribution in [0.25, 0.3) is 0 Å². The molecule has 1 fully saturated rings. The first-order valence-electron chi connectivity index (χ1n) is 4.68. The fraction of sp³-hybridized carbons (Fsp3) is 0.857. The maximum Gasteiger partial charge on any atom is 1.00 e. The molecule has 1 unspecified atom stereocenters. The molecule has 88 valence electrons. The third-order valence-corrected chi connectivity index (χ3v) is 2.23. The zero-order chi connectivity index (χ0) is 11.5. The minimum Gasteiger partial charge on any atom is -0.448 e. The number of carbonyl (C=O) groups excluding carboxylic acids is 1. The van der Waals surface area contributed by atoms with Crippen molar-refractivity contribution < 1.29 is 73.9 Å². The molecule has 16 heavy (non-hydrogen) atoms. The van der Waals surface area contributed by atoms with E-state index in [-0.39, 0.29) is 71.1 Å². The predicted molar refractivity (Wildman–Crippen MR) is 49.3 cm³/mol. The van der Waals surface area contributed by atoms with Crippen molar-refractivity contribution in [3.8, 4) is 0 Å². The van der Waals surface area contributed by atoms with Gasteiger partial charge >= 0.3 is 58.4 Å². The van der Waals surface area contributed by atoms with Crippen LogP contribution in [0.1, 0.15) is 0 Å². The number of carbonyl (C=O) groups is 1. The number of nitrogens with zero attached hydrogens (tertiary/aromatic N) is 1. The molecule has 1 aliphatic rings. The van der Waals surface area contributed by atoms with Crippen molar-refractivity contribution in [3.05, 3.63) is 0 Å². The first-order valence-corrected chi connectivity index (χ1v) is 4.68. The van der Waals surface area contributed by atoms with Crippen LogP contribution in [0, 0.1) is 0 Å². The summed E-state index contributed by atoms with van der Waals surface area (Å²) in [6.07, 6.45) is -1.01. The molecule has 0 aromatic heterocycles. The number of nitrogens with one attached hydrogen (secondary N) is 1. The summed E-state index contributed by atoms with van der Waals surface area (Å²) in [4.78, 5) is 12.4. The van der Waals surface area contributed by atoms with Crippen LogP contribution in [0.15, 0.2) is 0 Å². The van der Waals surface area contributed by atoms with Gasteiger partial charge in [-0.25, -0.2) is 0 Å². The molecule has 0 aromatic carbocycles. The van der Waals surface area contributed by atoms with E-state index in [1.807, 2.05) is 0 Å². The maximum atomic E-state index is 12.2. The van der Waals surface area contributed by atoms with Crippen molar-refractivity contribution in [1.29, 1.82) is 0 Å². The van der Waals surface area contributed by atoms with E-state index in [2.05, 4.69) is 5.32 Å². The summed E-state index contributed by atoms with van der Waals surface area (Å²) in [5, 5.41) is 2.33. The van der Waals surface area contributed by atoms with Crippen LogP contribution < -0.4 is 56.7 Å². The van der Waals surface area contributed by atoms with Gasteiger partial charge in [-0.3, -0.25) is 4.79 Å². The number of likely N-dealkylation sites (N-methyl/N-ethyl adjacent to an activating group) is 1. The summed E-state index contributed by atoms with van der Waals surface area (Å²) < 4.78 is 41.7. The van der Waals surface area contributed by atoms with E-state index in [0.29, 0.717) is 0 Å². The Labute approximate surface area is 135 Å². The molecule has 1 saturated heterocycles. The smallest absolute Gasteiger partial charge is 0.448 e. The molecule has 0 radical (unpaired) electrons. The van der Waals surface area contributed by atoms with Crippen molar-refractivity contribution in [3.63, 3.8) is 0 Å². The van der Waals surface area contributed by atoms with Gasteiger partial charge in [-0.05, 0) is 6.44 Å². The minimum absolute atomic E-state index is 0. The van der Waals surface area contributed by atoms with Crippen LogP contribution in [0.3, 0.4) is 0 Å². The molecule has 1 atom stereocenters. The molecule has 0 aliphatic carbocycles. The number of morpholine rings is 1. The van der Waals surface area contributed by atoms with Crippen molar-refractivity contribution in [2.45, 2.75) is 6.04 Å². The second-order valence-electron chi connectivity index (χ2n) is 3.41. The molecule has 1 amide bonds. The van der Waals surface area contributed by atoms with Crippen LogP contribution >= 0.6 is 0 Å². The molecular weight excluding hydrogens is 251 g/mol. The Morgan fingerprint density at radius 2 is 2.19 bits per heavy atom. The normalized spacial score (nSPS) is 22.4. The summed E-state index contributed by atoms with van der Waals surface area (Å²) in [6, 6.07) is -0.827. The van der Waals surface area contributed by atoms with Gasteiger partial charge in [0.05, 0.1) is 13.2 Å². The summed E-state index contributed by atoms with van der Waals surface area (Å²) in [5.74, 6) is -0.435. The number of halogens is 3. The fourth-order valence-corrected chi connectivity index (χ4v) is 1.53. The van der Waals surface area contributed by atoms with Crippen molar-refractivity contribution in [2.75, 3.05) is 33.3 Å². The zero-order valence-electron chi connectivity index (χ0n) is 9.38. The van der Waals surface area contributed by atoms with Crippen LogP contribution in [-0.4, -0.2) is 57.1 Å². The van der Waals surface area contributed by atoms with E-state index in [1.165, 1.54) is 7.05 Å². The monoisotopic (exact) mass is 264 g/mol. The van der Waals surface area contributed by atoms with Gasteiger partial charge in [-0.1, -0.05) is 0 Å². The number of rotatable bonds is 3. The van der Waals surface area contributed by atoms with Gasteiger partial charge < -0.3 is 27.9 Å². The van der Waals surface area contributed by atoms with Gasteiger partial charge in [0, 0.05) is 13.6 Å². The molecule has 4 nitrogen and oxygen atoms in total. The Hall–Kier alpha value is 0.881. The Bertz CT molecular complexity index is 242. The molecule has 0 bridgehead atoms. The van der Waals surface area contributed by atoms with E-state index in [9.17, 15) is 17.7 Å². The summed E-state index contributed by atoms with van der Waals surface area (Å²) >= 11 is 0. The quantitative estimate of drug-likeness (QED) is 0.547. The fourth-order valence-electron chi connectivity index (χ4n) is 1.53. The molecule has 0 aromatic rings. The third-order valence-electron chi connectivity index (χ3n) is 2.23. The maximum absolute atomic E-state index is 12.2. The van der Waals surface area contributed by atoms with E-state index in [4.69, 9.17) is 4.74 Å². The van der Waals surface area contributed by atoms with E-state index >= 15 is 0 Å². The standard InChI is InChI=1S/C7H13BF3N2O2.K/c1-12-7(14)6-4-15-3-2-13(6)5-8(9,10)11;/h6H,2-5H2,1H3,(H,12,14);/q-1;+1. The Morgan fingerprint density at radius 3 is 2.69 bits per heavy atom. The average molecular weight is 264 g/mol. The number of hydrogen-bond donors (Lipinski definition) is 1. The van der Waals surface area contributed by atoms with Crippen molar-refractivity contribution >= 4 is 12.9 Å². The Morgan fingerprint density at radius 1 is 1.56 bits per heavy atom. The van der Waals surface area contributed by atoms with Crippen LogP contribution in [0.5, 0.6) is 0 Å². The van der Waals surface area contributed by atoms with Crippen molar-refractivity contribution in [2.24, 2.45) is 0 Å². The van der Waals surface area contributed by atoms with Gasteiger partial charge in [0.1, 0.15) is 6.04 Å². The molecular formula is C7H13BF3KN2O2. The van der Waals surface area contributed by atoms with Crippen molar-refractivity contribution in [1.82, 2.24) is 10.2 Å². The van der Waals surface area contributed by atoms with E-state index in [0.717, 1.165) is 4.90 Å². The van der Waals surface area contributed by atoms with Gasteiger partial charge in [0.2, 0.25) is 5.91 Å². The van der Waals surface area contributed by atoms with Crippen LogP contribution in [-0.2, 0) is 9.53 Å². The van der Waals surface area contributed by atoms with E-state index in [1.54, 1.807) is 0 Å². The third kappa shape index (κ3) is 5.48. The topological polar surface area (TPSA) is 41.6 Å². The average Bonchev–Trinajstić information content (AvgIpc) is 2.15. The van der Waals surface area contributed by atoms with Crippen LogP contribution in [0.4, 0.5) is 12.9 Å². The Balaban J connectivity index is 0.00000225. The molecule has 1 heterocycles. The number of amides is 1. The van der Waals surface area contributed by atoms with Crippen LogP contribution in [0.2, 0.25) is 0 Å². The zero-order valence-corrected chi connectivity index (χ0v) is 12.5. The molecule has 9 heteroatoms. The number of ether oxygens (including phenoxy) is 1. The molecule has 1 rings (SSSR count). The Kier molecular flexibility index (Phi) is 7.75. The molecule has 0 saturated carbocycles. The number of hydrogen-bond acceptors (Lipinski definition) is 3. The summed E-state index contributed by atoms with van der Waals surface area (Å²) in [5.41, 5.74) is 0. The first kappa shape index (κ1) is 16.9. The van der Waals surface area contributed by atoms with Gasteiger partial charge in [0.15, 0.2) is 0 Å². The molecule has 0 spiro atoms. The first-order chi connectivity index (χ1) is 6.94. The summed E-state index contributed by atoms with van der Waals surface area (Å²) in [6.45, 7) is -4.51. The van der Waals surface area contributed by atoms with E-state index < -0.39 is 25.4 Å². The largest absolute Gasteiger partial charge is 1.00 e.